The van der Waals surface area contributed by atoms with Gasteiger partial charge in [-0.25, -0.2) is 4.98 Å². The Labute approximate surface area is 189 Å². The molecule has 1 amide bonds. The molecule has 7 heteroatoms. The number of fused-ring (bicyclic) bond motifs is 1. The first-order chi connectivity index (χ1) is 15.7. The molecule has 0 radical (unpaired) electrons. The van der Waals surface area contributed by atoms with Crippen LogP contribution in [0, 0.1) is 11.3 Å². The van der Waals surface area contributed by atoms with Gasteiger partial charge in [0.15, 0.2) is 5.76 Å². The van der Waals surface area contributed by atoms with Gasteiger partial charge in [-0.1, -0.05) is 19.3 Å². The second-order valence-corrected chi connectivity index (χ2v) is 9.17. The lowest BCUT2D eigenvalue weighted by Gasteiger charge is -2.41. The minimum Gasteiger partial charge on any atom is -0.459 e. The molecule has 0 N–H and O–H groups in total. The summed E-state index contributed by atoms with van der Waals surface area (Å²) in [7, 11) is 0. The number of hydrogen-bond donors (Lipinski definition) is 0. The van der Waals surface area contributed by atoms with Crippen molar-refractivity contribution in [3.05, 3.63) is 46.5 Å². The summed E-state index contributed by atoms with van der Waals surface area (Å²) in [6, 6.07) is 5.90. The van der Waals surface area contributed by atoms with E-state index in [-0.39, 0.29) is 11.9 Å². The van der Waals surface area contributed by atoms with Gasteiger partial charge in [-0.3, -0.25) is 4.79 Å². The molecule has 2 fully saturated rings. The van der Waals surface area contributed by atoms with Crippen LogP contribution in [0.1, 0.15) is 77.9 Å². The summed E-state index contributed by atoms with van der Waals surface area (Å²) in [5.41, 5.74) is 4.13. The van der Waals surface area contributed by atoms with E-state index in [2.05, 4.69) is 11.0 Å². The summed E-state index contributed by atoms with van der Waals surface area (Å²) in [5.74, 6) is 1.53. The highest BCUT2D eigenvalue weighted by molar-refractivity contribution is 5.91. The Hall–Kier alpha value is -2.85. The molecule has 168 valence electrons. The normalized spacial score (nSPS) is 21.8. The molecule has 4 heterocycles. The zero-order chi connectivity index (χ0) is 22.1. The first kappa shape index (κ1) is 21.0. The Kier molecular flexibility index (Phi) is 5.88. The van der Waals surface area contributed by atoms with Gasteiger partial charge < -0.3 is 19.0 Å². The summed E-state index contributed by atoms with van der Waals surface area (Å²) in [6.45, 7) is 5.13. The summed E-state index contributed by atoms with van der Waals surface area (Å²) < 4.78 is 11.1. The van der Waals surface area contributed by atoms with E-state index in [1.165, 1.54) is 25.5 Å². The number of piperazine rings is 1. The third kappa shape index (κ3) is 3.77. The molecule has 1 atom stereocenters. The van der Waals surface area contributed by atoms with Crippen molar-refractivity contribution in [2.24, 2.45) is 0 Å². The highest BCUT2D eigenvalue weighted by atomic mass is 16.5. The molecule has 1 saturated carbocycles. The summed E-state index contributed by atoms with van der Waals surface area (Å²) >= 11 is 0. The van der Waals surface area contributed by atoms with Gasteiger partial charge in [0.05, 0.1) is 30.7 Å². The molecule has 2 aromatic rings. The fourth-order valence-corrected chi connectivity index (χ4v) is 5.52. The standard InChI is InChI=1S/C25H30N4O3/c1-17-15-28(10-11-29(17)25(30)22-8-5-12-32-22)24-20(14-26)19-9-13-31-16-21(19)23(27-24)18-6-3-2-4-7-18/h5,8,12,17-18H,2-4,6-7,9-11,13,15-16H2,1H3. The molecule has 0 spiro atoms. The first-order valence-electron chi connectivity index (χ1n) is 11.8. The fourth-order valence-electron chi connectivity index (χ4n) is 5.52. The van der Waals surface area contributed by atoms with E-state index in [0.717, 1.165) is 41.9 Å². The van der Waals surface area contributed by atoms with Gasteiger partial charge >= 0.3 is 0 Å². The molecular weight excluding hydrogens is 404 g/mol. The van der Waals surface area contributed by atoms with Crippen molar-refractivity contribution in [2.45, 2.75) is 64.0 Å². The first-order valence-corrected chi connectivity index (χ1v) is 11.8. The van der Waals surface area contributed by atoms with Crippen molar-refractivity contribution in [1.82, 2.24) is 9.88 Å². The number of anilines is 1. The number of hydrogen-bond acceptors (Lipinski definition) is 6. The van der Waals surface area contributed by atoms with E-state index >= 15 is 0 Å². The number of carbonyl (C=O) groups excluding carboxylic acids is 1. The van der Waals surface area contributed by atoms with Gasteiger partial charge in [0.2, 0.25) is 0 Å². The van der Waals surface area contributed by atoms with Gasteiger partial charge in [0, 0.05) is 37.2 Å². The molecule has 1 aliphatic carbocycles. The fraction of sp³-hybridized carbons (Fsp3) is 0.560. The predicted octanol–water partition coefficient (Wildman–Crippen LogP) is 4.02. The number of nitriles is 1. The van der Waals surface area contributed by atoms with E-state index < -0.39 is 0 Å². The van der Waals surface area contributed by atoms with Crippen molar-refractivity contribution >= 4 is 11.7 Å². The van der Waals surface area contributed by atoms with Crippen molar-refractivity contribution in [3.8, 4) is 6.07 Å². The van der Waals surface area contributed by atoms with E-state index in [9.17, 15) is 10.1 Å². The lowest BCUT2D eigenvalue weighted by atomic mass is 9.82. The Morgan fingerprint density at radius 1 is 1.22 bits per heavy atom. The van der Waals surface area contributed by atoms with Crippen LogP contribution >= 0.6 is 0 Å². The van der Waals surface area contributed by atoms with E-state index in [4.69, 9.17) is 14.1 Å². The minimum absolute atomic E-state index is 0.00723. The highest BCUT2D eigenvalue weighted by Crippen LogP contribution is 2.39. The zero-order valence-electron chi connectivity index (χ0n) is 18.7. The third-order valence-electron chi connectivity index (χ3n) is 7.19. The average molecular weight is 435 g/mol. The molecular formula is C25H30N4O3. The second kappa shape index (κ2) is 8.95. The van der Waals surface area contributed by atoms with E-state index in [1.807, 2.05) is 11.8 Å². The molecule has 7 nitrogen and oxygen atoms in total. The largest absolute Gasteiger partial charge is 0.459 e. The summed E-state index contributed by atoms with van der Waals surface area (Å²) in [5, 5.41) is 10.1. The lowest BCUT2D eigenvalue weighted by Crippen LogP contribution is -2.54. The zero-order valence-corrected chi connectivity index (χ0v) is 18.7. The maximum absolute atomic E-state index is 12.8. The van der Waals surface area contributed by atoms with Crippen LogP contribution in [0.25, 0.3) is 0 Å². The van der Waals surface area contributed by atoms with Gasteiger partial charge in [-0.05, 0) is 43.9 Å². The van der Waals surface area contributed by atoms with Gasteiger partial charge in [0.25, 0.3) is 5.91 Å². The number of nitrogens with zero attached hydrogens (tertiary/aromatic N) is 4. The van der Waals surface area contributed by atoms with Crippen LogP contribution in [0.4, 0.5) is 5.82 Å². The van der Waals surface area contributed by atoms with E-state index in [1.54, 1.807) is 12.1 Å². The van der Waals surface area contributed by atoms with Gasteiger partial charge in [-0.15, -0.1) is 0 Å². The average Bonchev–Trinajstić information content (AvgIpc) is 3.38. The van der Waals surface area contributed by atoms with Crippen LogP contribution in [0.3, 0.4) is 0 Å². The van der Waals surface area contributed by atoms with Crippen molar-refractivity contribution < 1.29 is 13.9 Å². The molecule has 5 rings (SSSR count). The molecule has 2 aliphatic heterocycles. The Balaban J connectivity index is 1.46. The van der Waals surface area contributed by atoms with Crippen LogP contribution < -0.4 is 4.90 Å². The molecule has 0 bridgehead atoms. The lowest BCUT2D eigenvalue weighted by molar-refractivity contribution is 0.0641. The van der Waals surface area contributed by atoms with Gasteiger partial charge in [-0.2, -0.15) is 5.26 Å². The Morgan fingerprint density at radius 2 is 2.06 bits per heavy atom. The monoisotopic (exact) mass is 434 g/mol. The van der Waals surface area contributed by atoms with Crippen LogP contribution in [-0.2, 0) is 17.8 Å². The quantitative estimate of drug-likeness (QED) is 0.726. The van der Waals surface area contributed by atoms with Crippen LogP contribution in [0.5, 0.6) is 0 Å². The predicted molar refractivity (Wildman–Crippen MR) is 120 cm³/mol. The third-order valence-corrected chi connectivity index (χ3v) is 7.19. The maximum Gasteiger partial charge on any atom is 0.289 e. The number of carbonyl (C=O) groups is 1. The van der Waals surface area contributed by atoms with Gasteiger partial charge in [0.1, 0.15) is 11.9 Å². The topological polar surface area (TPSA) is 82.6 Å². The summed E-state index contributed by atoms with van der Waals surface area (Å²) in [4.78, 5) is 22.0. The smallest absolute Gasteiger partial charge is 0.289 e. The number of amides is 1. The number of rotatable bonds is 3. The number of furan rings is 1. The summed E-state index contributed by atoms with van der Waals surface area (Å²) in [6.07, 6.45) is 8.38. The molecule has 32 heavy (non-hydrogen) atoms. The minimum atomic E-state index is -0.0823. The van der Waals surface area contributed by atoms with Crippen molar-refractivity contribution in [1.29, 1.82) is 5.26 Å². The number of aromatic nitrogens is 1. The molecule has 3 aliphatic rings. The SMILES string of the molecule is CC1CN(c2nc(C3CCCCC3)c3c(c2C#N)CCOC3)CCN1C(=O)c1ccco1. The number of pyridine rings is 1. The molecule has 0 aromatic carbocycles. The maximum atomic E-state index is 12.8. The highest BCUT2D eigenvalue weighted by Gasteiger charge is 2.34. The van der Waals surface area contributed by atoms with Crippen molar-refractivity contribution in [3.63, 3.8) is 0 Å². The molecule has 2 aromatic heterocycles. The molecule has 1 saturated heterocycles. The molecule has 1 unspecified atom stereocenters. The van der Waals surface area contributed by atoms with E-state index in [0.29, 0.717) is 50.1 Å². The van der Waals surface area contributed by atoms with Crippen molar-refractivity contribution in [2.75, 3.05) is 31.1 Å². The van der Waals surface area contributed by atoms with Crippen LogP contribution in [-0.4, -0.2) is 48.1 Å². The van der Waals surface area contributed by atoms with Crippen LogP contribution in [0.2, 0.25) is 0 Å². The Bertz CT molecular complexity index is 1020. The second-order valence-electron chi connectivity index (χ2n) is 9.17. The number of ether oxygens (including phenoxy) is 1. The Morgan fingerprint density at radius 3 is 2.78 bits per heavy atom. The van der Waals surface area contributed by atoms with Crippen LogP contribution in [0.15, 0.2) is 22.8 Å².